The number of non-ortho nitro benzene ring substituents is 1. The Morgan fingerprint density at radius 3 is 2.67 bits per heavy atom. The molecule has 21 heavy (non-hydrogen) atoms. The molecule has 1 unspecified atom stereocenters. The molecule has 1 atom stereocenters. The van der Waals surface area contributed by atoms with Gasteiger partial charge >= 0.3 is 12.2 Å². The third kappa shape index (κ3) is 4.91. The standard InChI is InChI=1S/C11H12F3N3O4/c1-16(6-9(18)11(12,13)14)10(19)15-7-3-2-4-8(5-7)17(20)21/h2-5,9,18H,6H2,1H3,(H,15,19). The second kappa shape index (κ2) is 6.39. The molecule has 0 aliphatic rings. The highest BCUT2D eigenvalue weighted by Gasteiger charge is 2.39. The van der Waals surface area contributed by atoms with E-state index < -0.39 is 29.8 Å². The number of hydrogen-bond acceptors (Lipinski definition) is 4. The molecule has 0 radical (unpaired) electrons. The zero-order valence-corrected chi connectivity index (χ0v) is 10.8. The largest absolute Gasteiger partial charge is 0.416 e. The summed E-state index contributed by atoms with van der Waals surface area (Å²) in [6.07, 6.45) is -7.50. The molecule has 1 rings (SSSR count). The van der Waals surface area contributed by atoms with Gasteiger partial charge in [0.15, 0.2) is 6.10 Å². The predicted octanol–water partition coefficient (Wildman–Crippen LogP) is 1.98. The fourth-order valence-electron chi connectivity index (χ4n) is 1.36. The van der Waals surface area contributed by atoms with Gasteiger partial charge in [0.25, 0.3) is 5.69 Å². The summed E-state index contributed by atoms with van der Waals surface area (Å²) in [6, 6.07) is 3.99. The number of nitrogens with one attached hydrogen (secondary N) is 1. The van der Waals surface area contributed by atoms with Crippen LogP contribution in [-0.2, 0) is 0 Å². The minimum absolute atomic E-state index is 0.0579. The molecule has 0 bridgehead atoms. The van der Waals surface area contributed by atoms with Gasteiger partial charge in [0.2, 0.25) is 0 Å². The number of likely N-dealkylation sites (N-methyl/N-ethyl adjacent to an activating group) is 1. The van der Waals surface area contributed by atoms with Gasteiger partial charge in [-0.25, -0.2) is 4.79 Å². The fraction of sp³-hybridized carbons (Fsp3) is 0.364. The van der Waals surface area contributed by atoms with Crippen molar-refractivity contribution in [2.75, 3.05) is 18.9 Å². The average Bonchev–Trinajstić information content (AvgIpc) is 2.37. The number of nitro benzene ring substituents is 1. The lowest BCUT2D eigenvalue weighted by atomic mass is 10.3. The van der Waals surface area contributed by atoms with E-state index in [9.17, 15) is 28.1 Å². The molecule has 0 fully saturated rings. The molecule has 0 aromatic heterocycles. The number of carbonyl (C=O) groups excluding carboxylic acids is 1. The number of nitro groups is 1. The molecule has 7 nitrogen and oxygen atoms in total. The lowest BCUT2D eigenvalue weighted by Gasteiger charge is -2.22. The minimum Gasteiger partial charge on any atom is -0.382 e. The van der Waals surface area contributed by atoms with Gasteiger partial charge in [-0.3, -0.25) is 10.1 Å². The van der Waals surface area contributed by atoms with Crippen molar-refractivity contribution in [3.63, 3.8) is 0 Å². The highest BCUT2D eigenvalue weighted by Crippen LogP contribution is 2.21. The van der Waals surface area contributed by atoms with Gasteiger partial charge in [-0.2, -0.15) is 13.2 Å². The Kier molecular flexibility index (Phi) is 5.08. The number of anilines is 1. The van der Waals surface area contributed by atoms with Crippen molar-refractivity contribution < 1.29 is 28.0 Å². The molecule has 0 heterocycles. The Bertz CT molecular complexity index is 536. The highest BCUT2D eigenvalue weighted by atomic mass is 19.4. The normalized spacial score (nSPS) is 12.6. The summed E-state index contributed by atoms with van der Waals surface area (Å²) in [5, 5.41) is 21.6. The molecular formula is C11H12F3N3O4. The average molecular weight is 307 g/mol. The van der Waals surface area contributed by atoms with E-state index >= 15 is 0 Å². The highest BCUT2D eigenvalue weighted by molar-refractivity contribution is 5.89. The van der Waals surface area contributed by atoms with E-state index in [2.05, 4.69) is 5.32 Å². The van der Waals surface area contributed by atoms with Crippen LogP contribution in [-0.4, -0.2) is 46.8 Å². The van der Waals surface area contributed by atoms with Crippen LogP contribution >= 0.6 is 0 Å². The van der Waals surface area contributed by atoms with Crippen molar-refractivity contribution in [1.82, 2.24) is 4.90 Å². The molecule has 2 amide bonds. The lowest BCUT2D eigenvalue weighted by molar-refractivity contribution is -0.384. The number of aliphatic hydroxyl groups excluding tert-OH is 1. The summed E-state index contributed by atoms with van der Waals surface area (Å²) in [5.74, 6) is 0. The van der Waals surface area contributed by atoms with E-state index in [-0.39, 0.29) is 11.4 Å². The van der Waals surface area contributed by atoms with Crippen molar-refractivity contribution >= 4 is 17.4 Å². The maximum Gasteiger partial charge on any atom is 0.416 e. The van der Waals surface area contributed by atoms with Crippen LogP contribution < -0.4 is 5.32 Å². The Balaban J connectivity index is 2.68. The summed E-state index contributed by atoms with van der Waals surface area (Å²) in [6.45, 7) is -0.954. The number of hydrogen-bond donors (Lipinski definition) is 2. The first-order chi connectivity index (χ1) is 9.61. The molecule has 0 spiro atoms. The van der Waals surface area contributed by atoms with E-state index in [1.807, 2.05) is 0 Å². The third-order valence-electron chi connectivity index (χ3n) is 2.48. The van der Waals surface area contributed by atoms with Gasteiger partial charge in [0, 0.05) is 24.9 Å². The summed E-state index contributed by atoms with van der Waals surface area (Å²) >= 11 is 0. The van der Waals surface area contributed by atoms with Gasteiger partial charge in [0.05, 0.1) is 11.5 Å². The van der Waals surface area contributed by atoms with Crippen LogP contribution in [0.5, 0.6) is 0 Å². The molecule has 1 aromatic carbocycles. The van der Waals surface area contributed by atoms with E-state index in [1.54, 1.807) is 0 Å². The quantitative estimate of drug-likeness (QED) is 0.656. The maximum absolute atomic E-state index is 12.2. The van der Waals surface area contributed by atoms with Gasteiger partial charge in [-0.15, -0.1) is 0 Å². The molecule has 0 aliphatic carbocycles. The first-order valence-electron chi connectivity index (χ1n) is 5.62. The Labute approximate surface area is 117 Å². The zero-order chi connectivity index (χ0) is 16.2. The third-order valence-corrected chi connectivity index (χ3v) is 2.48. The van der Waals surface area contributed by atoms with E-state index in [1.165, 1.54) is 18.2 Å². The van der Waals surface area contributed by atoms with Crippen molar-refractivity contribution in [3.05, 3.63) is 34.4 Å². The molecule has 0 saturated carbocycles. The monoisotopic (exact) mass is 307 g/mol. The van der Waals surface area contributed by atoms with E-state index in [4.69, 9.17) is 5.11 Å². The van der Waals surface area contributed by atoms with Gasteiger partial charge < -0.3 is 15.3 Å². The SMILES string of the molecule is CN(CC(O)C(F)(F)F)C(=O)Nc1cccc([N+](=O)[O-])c1. The topological polar surface area (TPSA) is 95.7 Å². The Morgan fingerprint density at radius 2 is 2.14 bits per heavy atom. The van der Waals surface area contributed by atoms with Crippen LogP contribution in [0.25, 0.3) is 0 Å². The first kappa shape index (κ1) is 16.7. The Morgan fingerprint density at radius 1 is 1.52 bits per heavy atom. The van der Waals surface area contributed by atoms with Gasteiger partial charge in [0.1, 0.15) is 0 Å². The number of rotatable bonds is 4. The van der Waals surface area contributed by atoms with Crippen molar-refractivity contribution in [2.24, 2.45) is 0 Å². The van der Waals surface area contributed by atoms with E-state index in [0.29, 0.717) is 4.90 Å². The first-order valence-corrected chi connectivity index (χ1v) is 5.62. The van der Waals surface area contributed by atoms with Gasteiger partial charge in [-0.05, 0) is 6.07 Å². The number of aliphatic hydroxyl groups is 1. The predicted molar refractivity (Wildman–Crippen MR) is 66.8 cm³/mol. The minimum atomic E-state index is -4.83. The van der Waals surface area contributed by atoms with Crippen LogP contribution in [0.4, 0.5) is 29.3 Å². The number of alkyl halides is 3. The van der Waals surface area contributed by atoms with Crippen molar-refractivity contribution in [3.8, 4) is 0 Å². The number of benzene rings is 1. The molecule has 10 heteroatoms. The fourth-order valence-corrected chi connectivity index (χ4v) is 1.36. The van der Waals surface area contributed by atoms with Crippen molar-refractivity contribution in [1.29, 1.82) is 0 Å². The number of urea groups is 1. The molecule has 0 aliphatic heterocycles. The Hall–Kier alpha value is -2.36. The smallest absolute Gasteiger partial charge is 0.382 e. The summed E-state index contributed by atoms with van der Waals surface area (Å²) < 4.78 is 36.5. The van der Waals surface area contributed by atoms with Crippen LogP contribution in [0.3, 0.4) is 0 Å². The molecule has 2 N–H and O–H groups in total. The van der Waals surface area contributed by atoms with Crippen LogP contribution in [0.15, 0.2) is 24.3 Å². The zero-order valence-electron chi connectivity index (χ0n) is 10.8. The molecule has 116 valence electrons. The van der Waals surface area contributed by atoms with Crippen LogP contribution in [0.2, 0.25) is 0 Å². The second-order valence-electron chi connectivity index (χ2n) is 4.18. The number of nitrogens with zero attached hydrogens (tertiary/aromatic N) is 2. The van der Waals surface area contributed by atoms with Gasteiger partial charge in [-0.1, -0.05) is 6.07 Å². The molecule has 0 saturated heterocycles. The van der Waals surface area contributed by atoms with Crippen molar-refractivity contribution in [2.45, 2.75) is 12.3 Å². The summed E-state index contributed by atoms with van der Waals surface area (Å²) in [5.41, 5.74) is -0.215. The summed E-state index contributed by atoms with van der Waals surface area (Å²) in [4.78, 5) is 22.1. The molecule has 1 aromatic rings. The maximum atomic E-state index is 12.2. The number of amides is 2. The number of halogens is 3. The number of carbonyl (C=O) groups is 1. The second-order valence-corrected chi connectivity index (χ2v) is 4.18. The van der Waals surface area contributed by atoms with Crippen LogP contribution in [0.1, 0.15) is 0 Å². The lowest BCUT2D eigenvalue weighted by Crippen LogP contribution is -2.43. The molecular weight excluding hydrogens is 295 g/mol. The van der Waals surface area contributed by atoms with Crippen LogP contribution in [0, 0.1) is 10.1 Å². The summed E-state index contributed by atoms with van der Waals surface area (Å²) in [7, 11) is 1.06. The van der Waals surface area contributed by atoms with E-state index in [0.717, 1.165) is 13.1 Å².